The van der Waals surface area contributed by atoms with Gasteiger partial charge < -0.3 is 10.4 Å². The summed E-state index contributed by atoms with van der Waals surface area (Å²) in [5.41, 5.74) is 0. The lowest BCUT2D eigenvalue weighted by molar-refractivity contribution is -0.140. The molecule has 25 heavy (non-hydrogen) atoms. The molecule has 0 aromatic carbocycles. The molecule has 1 saturated carbocycles. The minimum atomic E-state index is -0.398. The smallest absolute Gasteiger partial charge is 0.233 e. The van der Waals surface area contributed by atoms with Gasteiger partial charge in [0.25, 0.3) is 0 Å². The van der Waals surface area contributed by atoms with Gasteiger partial charge in [0.2, 0.25) is 17.7 Å². The number of aromatic hydroxyl groups is 1. The minimum Gasteiger partial charge on any atom is -0.504 e. The molecule has 7 nitrogen and oxygen atoms in total. The van der Waals surface area contributed by atoms with Crippen LogP contribution >= 0.6 is 0 Å². The molecule has 130 valence electrons. The molecule has 4 aliphatic rings. The van der Waals surface area contributed by atoms with E-state index in [1.807, 2.05) is 0 Å². The van der Waals surface area contributed by atoms with Gasteiger partial charge in [-0.05, 0) is 36.8 Å². The molecule has 4 unspecified atom stereocenters. The summed E-state index contributed by atoms with van der Waals surface area (Å²) < 4.78 is 0. The summed E-state index contributed by atoms with van der Waals surface area (Å²) in [6, 6.07) is 2.97. The summed E-state index contributed by atoms with van der Waals surface area (Å²) in [7, 11) is 0. The summed E-state index contributed by atoms with van der Waals surface area (Å²) in [6.07, 6.45) is 7.48. The molecule has 1 aliphatic heterocycles. The summed E-state index contributed by atoms with van der Waals surface area (Å²) in [5, 5.41) is 12.1. The maximum absolute atomic E-state index is 12.7. The highest BCUT2D eigenvalue weighted by atomic mass is 16.3. The molecule has 1 aromatic heterocycles. The Morgan fingerprint density at radius 1 is 1.20 bits per heavy atom. The third kappa shape index (κ3) is 2.59. The van der Waals surface area contributed by atoms with Crippen LogP contribution in [0.25, 0.3) is 0 Å². The molecule has 1 aromatic rings. The number of carbonyl (C=O) groups excluding carboxylic acids is 3. The zero-order valence-corrected chi connectivity index (χ0v) is 13.6. The van der Waals surface area contributed by atoms with E-state index in [-0.39, 0.29) is 60.0 Å². The highest BCUT2D eigenvalue weighted by molar-refractivity contribution is 6.06. The van der Waals surface area contributed by atoms with Gasteiger partial charge in [-0.3, -0.25) is 19.3 Å². The SMILES string of the molecule is O=C(CCN1C(=O)C2C3C=CC(CC3)C2C1=O)Nc1ncccc1O. The van der Waals surface area contributed by atoms with Crippen molar-refractivity contribution >= 4 is 23.5 Å². The molecule has 2 bridgehead atoms. The lowest BCUT2D eigenvalue weighted by Crippen LogP contribution is -2.38. The van der Waals surface area contributed by atoms with Crippen molar-refractivity contribution < 1.29 is 19.5 Å². The van der Waals surface area contributed by atoms with Gasteiger partial charge in [0.05, 0.1) is 11.8 Å². The van der Waals surface area contributed by atoms with Crippen LogP contribution in [-0.2, 0) is 14.4 Å². The highest BCUT2D eigenvalue weighted by Crippen LogP contribution is 2.49. The van der Waals surface area contributed by atoms with E-state index in [4.69, 9.17) is 0 Å². The number of amides is 3. The number of allylic oxidation sites excluding steroid dienone is 2. The van der Waals surface area contributed by atoms with Crippen LogP contribution in [0.5, 0.6) is 5.75 Å². The monoisotopic (exact) mass is 341 g/mol. The quantitative estimate of drug-likeness (QED) is 0.635. The van der Waals surface area contributed by atoms with E-state index < -0.39 is 5.91 Å². The summed E-state index contributed by atoms with van der Waals surface area (Å²) >= 11 is 0. The van der Waals surface area contributed by atoms with Crippen LogP contribution in [0, 0.1) is 23.7 Å². The largest absolute Gasteiger partial charge is 0.504 e. The first-order valence-corrected chi connectivity index (χ1v) is 8.53. The topological polar surface area (TPSA) is 99.6 Å². The van der Waals surface area contributed by atoms with Crippen molar-refractivity contribution in [3.05, 3.63) is 30.5 Å². The van der Waals surface area contributed by atoms with Crippen molar-refractivity contribution in [2.45, 2.75) is 19.3 Å². The first-order valence-electron chi connectivity index (χ1n) is 8.53. The van der Waals surface area contributed by atoms with E-state index in [0.29, 0.717) is 0 Å². The van der Waals surface area contributed by atoms with Gasteiger partial charge in [-0.15, -0.1) is 0 Å². The number of aromatic nitrogens is 1. The fourth-order valence-corrected chi connectivity index (χ4v) is 4.26. The van der Waals surface area contributed by atoms with Gasteiger partial charge in [0.1, 0.15) is 0 Å². The van der Waals surface area contributed by atoms with E-state index >= 15 is 0 Å². The molecule has 5 rings (SSSR count). The van der Waals surface area contributed by atoms with Crippen LogP contribution in [0.15, 0.2) is 30.5 Å². The van der Waals surface area contributed by atoms with Gasteiger partial charge in [0, 0.05) is 19.2 Å². The fraction of sp³-hybridized carbons (Fsp3) is 0.444. The zero-order chi connectivity index (χ0) is 17.6. The molecule has 1 saturated heterocycles. The number of hydrogen-bond acceptors (Lipinski definition) is 5. The van der Waals surface area contributed by atoms with Gasteiger partial charge in [0.15, 0.2) is 11.6 Å². The van der Waals surface area contributed by atoms with Gasteiger partial charge in [-0.1, -0.05) is 12.2 Å². The Labute approximate surface area is 144 Å². The summed E-state index contributed by atoms with van der Waals surface area (Å²) in [6.45, 7) is 0.0591. The van der Waals surface area contributed by atoms with E-state index in [9.17, 15) is 19.5 Å². The Bertz CT molecular complexity index is 743. The van der Waals surface area contributed by atoms with Crippen LogP contribution < -0.4 is 5.32 Å². The number of hydrogen-bond donors (Lipinski definition) is 2. The van der Waals surface area contributed by atoms with Crippen LogP contribution in [0.2, 0.25) is 0 Å². The zero-order valence-electron chi connectivity index (χ0n) is 13.6. The Hall–Kier alpha value is -2.70. The average Bonchev–Trinajstić information content (AvgIpc) is 2.89. The number of likely N-dealkylation sites (tertiary alicyclic amines) is 1. The third-order valence-electron chi connectivity index (χ3n) is 5.46. The fourth-order valence-electron chi connectivity index (χ4n) is 4.26. The van der Waals surface area contributed by atoms with Crippen molar-refractivity contribution in [3.63, 3.8) is 0 Å². The normalized spacial score (nSPS) is 29.8. The van der Waals surface area contributed by atoms with E-state index in [1.165, 1.54) is 17.2 Å². The molecule has 3 aliphatic carbocycles. The van der Waals surface area contributed by atoms with Crippen LogP contribution in [-0.4, -0.2) is 39.3 Å². The van der Waals surface area contributed by atoms with Crippen molar-refractivity contribution in [1.29, 1.82) is 0 Å². The second kappa shape index (κ2) is 5.98. The summed E-state index contributed by atoms with van der Waals surface area (Å²) in [4.78, 5) is 42.5. The van der Waals surface area contributed by atoms with Gasteiger partial charge in [-0.2, -0.15) is 0 Å². The third-order valence-corrected chi connectivity index (χ3v) is 5.46. The Kier molecular flexibility index (Phi) is 3.78. The molecule has 2 fully saturated rings. The first kappa shape index (κ1) is 15.8. The van der Waals surface area contributed by atoms with Gasteiger partial charge >= 0.3 is 0 Å². The number of rotatable bonds is 4. The molecule has 7 heteroatoms. The van der Waals surface area contributed by atoms with Crippen LogP contribution in [0.4, 0.5) is 5.82 Å². The molecular weight excluding hydrogens is 322 g/mol. The molecule has 0 radical (unpaired) electrons. The average molecular weight is 341 g/mol. The first-order chi connectivity index (χ1) is 12.1. The van der Waals surface area contributed by atoms with Crippen molar-refractivity contribution in [3.8, 4) is 5.75 Å². The van der Waals surface area contributed by atoms with Crippen molar-refractivity contribution in [1.82, 2.24) is 9.88 Å². The maximum Gasteiger partial charge on any atom is 0.233 e. The van der Waals surface area contributed by atoms with E-state index in [0.717, 1.165) is 12.8 Å². The number of pyridine rings is 1. The molecule has 2 heterocycles. The van der Waals surface area contributed by atoms with Crippen LogP contribution in [0.1, 0.15) is 19.3 Å². The Morgan fingerprint density at radius 2 is 1.84 bits per heavy atom. The molecule has 3 amide bonds. The maximum atomic E-state index is 12.7. The number of anilines is 1. The lowest BCUT2D eigenvalue weighted by Gasteiger charge is -2.38. The number of nitrogens with zero attached hydrogens (tertiary/aromatic N) is 2. The highest BCUT2D eigenvalue weighted by Gasteiger charge is 2.56. The Balaban J connectivity index is 1.40. The molecular formula is C18H19N3O4. The van der Waals surface area contributed by atoms with E-state index in [1.54, 1.807) is 6.07 Å². The predicted octanol–water partition coefficient (Wildman–Crippen LogP) is 1.31. The lowest BCUT2D eigenvalue weighted by atomic mass is 9.63. The standard InChI is InChI=1S/C18H19N3O4/c22-12-2-1-8-19-16(12)20-13(23)7-9-21-17(24)14-10-3-4-11(6-5-10)15(14)18(21)25/h1-4,8,10-11,14-15,22H,5-7,9H2,(H,19,20,23). The summed E-state index contributed by atoms with van der Waals surface area (Å²) in [5.74, 6) is -0.958. The van der Waals surface area contributed by atoms with E-state index in [2.05, 4.69) is 22.5 Å². The second-order valence-corrected chi connectivity index (χ2v) is 6.84. The number of nitrogens with one attached hydrogen (secondary N) is 1. The molecule has 4 atom stereocenters. The predicted molar refractivity (Wildman–Crippen MR) is 88.2 cm³/mol. The Morgan fingerprint density at radius 3 is 2.40 bits per heavy atom. The number of carbonyl (C=O) groups is 3. The number of imide groups is 1. The van der Waals surface area contributed by atoms with Gasteiger partial charge in [-0.25, -0.2) is 4.98 Å². The van der Waals surface area contributed by atoms with Crippen molar-refractivity contribution in [2.24, 2.45) is 23.7 Å². The second-order valence-electron chi connectivity index (χ2n) is 6.84. The van der Waals surface area contributed by atoms with Crippen molar-refractivity contribution in [2.75, 3.05) is 11.9 Å². The molecule has 2 N–H and O–H groups in total. The number of fused-ring (bicyclic) bond motifs is 1. The minimum absolute atomic E-state index is 0.0182. The van der Waals surface area contributed by atoms with Crippen LogP contribution in [0.3, 0.4) is 0 Å². The molecule has 0 spiro atoms.